The van der Waals surface area contributed by atoms with Crippen LogP contribution in [-0.2, 0) is 0 Å². The topological polar surface area (TPSA) is 6.48 Å². The van der Waals surface area contributed by atoms with E-state index < -0.39 is 0 Å². The summed E-state index contributed by atoms with van der Waals surface area (Å²) in [6, 6.07) is 97.7. The fraction of sp³-hybridized carbons (Fsp3) is 0.0556. The molecule has 0 saturated heterocycles. The zero-order chi connectivity index (χ0) is 50.1. The fourth-order valence-electron chi connectivity index (χ4n) is 10.7. The van der Waals surface area contributed by atoms with Gasteiger partial charge in [0, 0.05) is 34.1 Å². The number of hydrogen-bond acceptors (Lipinski definition) is 2. The van der Waals surface area contributed by atoms with E-state index in [-0.39, 0.29) is 0 Å². The molecule has 12 rings (SSSR count). The molecule has 0 bridgehead atoms. The van der Waals surface area contributed by atoms with Crippen LogP contribution in [0.2, 0.25) is 0 Å². The van der Waals surface area contributed by atoms with Crippen molar-refractivity contribution in [1.29, 1.82) is 0 Å². The van der Waals surface area contributed by atoms with Gasteiger partial charge in [0.1, 0.15) is 0 Å². The van der Waals surface area contributed by atoms with Crippen LogP contribution in [0.3, 0.4) is 0 Å². The first-order valence-electron chi connectivity index (χ1n) is 25.6. The van der Waals surface area contributed by atoms with E-state index in [2.05, 4.69) is 304 Å². The smallest absolute Gasteiger partial charge is 0.0467 e. The summed E-state index contributed by atoms with van der Waals surface area (Å²) in [5.41, 5.74) is 23.8. The summed E-state index contributed by atoms with van der Waals surface area (Å²) in [7, 11) is 0. The average Bonchev–Trinajstić information content (AvgIpc) is 3.45. The Hall–Kier alpha value is -9.24. The van der Waals surface area contributed by atoms with E-state index in [4.69, 9.17) is 0 Å². The maximum atomic E-state index is 2.37. The molecule has 0 radical (unpaired) electrons. The summed E-state index contributed by atoms with van der Waals surface area (Å²) in [5, 5.41) is 4.95. The van der Waals surface area contributed by atoms with Gasteiger partial charge in [-0.2, -0.15) is 0 Å². The van der Waals surface area contributed by atoms with Gasteiger partial charge < -0.3 is 9.80 Å². The highest BCUT2D eigenvalue weighted by atomic mass is 15.1. The molecular weight excluding hydrogens is 893 g/mol. The summed E-state index contributed by atoms with van der Waals surface area (Å²) in [6.45, 7) is 8.79. The molecule has 0 unspecified atom stereocenters. The molecule has 0 N–H and O–H groups in total. The van der Waals surface area contributed by atoms with E-state index in [0.29, 0.717) is 0 Å². The van der Waals surface area contributed by atoms with Crippen molar-refractivity contribution in [3.05, 3.63) is 289 Å². The Balaban J connectivity index is 0.882. The number of rotatable bonds is 11. The van der Waals surface area contributed by atoms with Crippen LogP contribution in [0.4, 0.5) is 34.1 Å². The van der Waals surface area contributed by atoms with Gasteiger partial charge in [0.25, 0.3) is 0 Å². The lowest BCUT2D eigenvalue weighted by atomic mass is 9.86. The summed E-state index contributed by atoms with van der Waals surface area (Å²) in [5.74, 6) is 0. The molecule has 0 amide bonds. The molecule has 0 fully saturated rings. The van der Waals surface area contributed by atoms with Gasteiger partial charge in [0.05, 0.1) is 0 Å². The van der Waals surface area contributed by atoms with Gasteiger partial charge in [0.15, 0.2) is 0 Å². The number of aryl methyl sites for hydroxylation is 4. The lowest BCUT2D eigenvalue weighted by Crippen LogP contribution is -2.10. The molecule has 2 heteroatoms. The summed E-state index contributed by atoms with van der Waals surface area (Å²) in [6.07, 6.45) is 0. The molecule has 0 aliphatic rings. The Morgan fingerprint density at radius 3 is 0.905 bits per heavy atom. The Bertz CT molecular complexity index is 3690. The zero-order valence-electron chi connectivity index (χ0n) is 42.3. The van der Waals surface area contributed by atoms with Crippen LogP contribution in [0.15, 0.2) is 267 Å². The molecule has 12 aromatic carbocycles. The van der Waals surface area contributed by atoms with Crippen LogP contribution < -0.4 is 9.80 Å². The Morgan fingerprint density at radius 2 is 0.527 bits per heavy atom. The quantitative estimate of drug-likeness (QED) is 0.127. The largest absolute Gasteiger partial charge is 0.310 e. The molecule has 0 aliphatic heterocycles. The summed E-state index contributed by atoms with van der Waals surface area (Å²) in [4.78, 5) is 4.72. The van der Waals surface area contributed by atoms with Crippen molar-refractivity contribution in [1.82, 2.24) is 0 Å². The fourth-order valence-corrected chi connectivity index (χ4v) is 10.7. The van der Waals surface area contributed by atoms with E-state index in [1.807, 2.05) is 0 Å². The molecule has 2 nitrogen and oxygen atoms in total. The Kier molecular flexibility index (Phi) is 12.2. The second-order valence-electron chi connectivity index (χ2n) is 19.7. The minimum atomic E-state index is 1.11. The maximum Gasteiger partial charge on any atom is 0.0467 e. The van der Waals surface area contributed by atoms with Crippen LogP contribution in [0.25, 0.3) is 77.2 Å². The predicted molar refractivity (Wildman–Crippen MR) is 317 cm³/mol. The first-order valence-corrected chi connectivity index (χ1v) is 25.6. The van der Waals surface area contributed by atoms with Crippen molar-refractivity contribution in [2.24, 2.45) is 0 Å². The summed E-state index contributed by atoms with van der Waals surface area (Å²) >= 11 is 0. The van der Waals surface area contributed by atoms with Crippen LogP contribution >= 0.6 is 0 Å². The SMILES string of the molecule is Cc1ccc(N(c2ccc(-c3ccccc3)cc2)c2cccc(-c3ccc4c(-c5c(C)ccc6cc(-c7cccc(N(c8ccc(C)cc8)c8ccc(-c9ccccc9)cc8)c7)ccc56)c(C)ccc4c3)c2)cc1. The average molecular weight is 949 g/mol. The van der Waals surface area contributed by atoms with Gasteiger partial charge >= 0.3 is 0 Å². The number of nitrogens with zero attached hydrogens (tertiary/aromatic N) is 2. The second kappa shape index (κ2) is 19.8. The molecule has 0 atom stereocenters. The van der Waals surface area contributed by atoms with Crippen molar-refractivity contribution < 1.29 is 0 Å². The molecule has 0 aromatic heterocycles. The lowest BCUT2D eigenvalue weighted by molar-refractivity contribution is 1.27. The van der Waals surface area contributed by atoms with Crippen LogP contribution in [0.1, 0.15) is 22.3 Å². The highest BCUT2D eigenvalue weighted by molar-refractivity contribution is 6.09. The highest BCUT2D eigenvalue weighted by Crippen LogP contribution is 2.44. The molecule has 0 spiro atoms. The lowest BCUT2D eigenvalue weighted by Gasteiger charge is -2.26. The minimum Gasteiger partial charge on any atom is -0.310 e. The molecule has 0 heterocycles. The van der Waals surface area contributed by atoms with Gasteiger partial charge in [-0.1, -0.05) is 193 Å². The highest BCUT2D eigenvalue weighted by Gasteiger charge is 2.19. The third kappa shape index (κ3) is 9.04. The monoisotopic (exact) mass is 948 g/mol. The van der Waals surface area contributed by atoms with Gasteiger partial charge in [-0.15, -0.1) is 0 Å². The third-order valence-corrected chi connectivity index (χ3v) is 14.6. The number of hydrogen-bond donors (Lipinski definition) is 0. The standard InChI is InChI=1S/C72H56N2/c1-49-21-35-63(36-22-49)73(65-39-29-55(30-40-65)53-13-7-5-8-14-53)67-19-11-17-57(47-67)59-33-43-69-61(45-59)27-25-51(3)71(69)72-52(4)26-28-62-46-60(34-44-70(62)72)58-18-12-20-68(48-58)74(64-37-23-50(2)24-38-64)66-41-31-56(32-42-66)54-15-9-6-10-16-54/h5-48H,1-4H3. The normalized spacial score (nSPS) is 11.2. The van der Waals surface area contributed by atoms with Crippen molar-refractivity contribution in [2.75, 3.05) is 9.80 Å². The summed E-state index contributed by atoms with van der Waals surface area (Å²) < 4.78 is 0. The minimum absolute atomic E-state index is 1.11. The van der Waals surface area contributed by atoms with E-state index in [0.717, 1.165) is 34.1 Å². The van der Waals surface area contributed by atoms with Gasteiger partial charge in [-0.05, 0) is 201 Å². The van der Waals surface area contributed by atoms with E-state index >= 15 is 0 Å². The maximum absolute atomic E-state index is 2.37. The van der Waals surface area contributed by atoms with Gasteiger partial charge in [-0.3, -0.25) is 0 Å². The molecular formula is C72H56N2. The number of fused-ring (bicyclic) bond motifs is 2. The molecule has 74 heavy (non-hydrogen) atoms. The van der Waals surface area contributed by atoms with E-state index in [1.54, 1.807) is 0 Å². The molecule has 0 saturated carbocycles. The first-order chi connectivity index (χ1) is 36.3. The van der Waals surface area contributed by atoms with Gasteiger partial charge in [-0.25, -0.2) is 0 Å². The molecule has 354 valence electrons. The predicted octanol–water partition coefficient (Wildman–Crippen LogP) is 20.5. The van der Waals surface area contributed by atoms with E-state index in [1.165, 1.54) is 99.4 Å². The Morgan fingerprint density at radius 1 is 0.216 bits per heavy atom. The van der Waals surface area contributed by atoms with Crippen molar-refractivity contribution in [2.45, 2.75) is 27.7 Å². The Labute approximate surface area is 435 Å². The van der Waals surface area contributed by atoms with Crippen molar-refractivity contribution in [3.63, 3.8) is 0 Å². The number of benzene rings is 12. The van der Waals surface area contributed by atoms with Gasteiger partial charge in [0.2, 0.25) is 0 Å². The second-order valence-corrected chi connectivity index (χ2v) is 19.7. The number of anilines is 6. The zero-order valence-corrected chi connectivity index (χ0v) is 42.3. The molecule has 0 aliphatic carbocycles. The van der Waals surface area contributed by atoms with Crippen molar-refractivity contribution in [3.8, 4) is 55.6 Å². The van der Waals surface area contributed by atoms with Crippen LogP contribution in [-0.4, -0.2) is 0 Å². The van der Waals surface area contributed by atoms with E-state index in [9.17, 15) is 0 Å². The molecule has 12 aromatic rings. The van der Waals surface area contributed by atoms with Crippen molar-refractivity contribution >= 4 is 55.7 Å². The van der Waals surface area contributed by atoms with Crippen LogP contribution in [0.5, 0.6) is 0 Å². The third-order valence-electron chi connectivity index (χ3n) is 14.6. The first kappa shape index (κ1) is 45.9. The van der Waals surface area contributed by atoms with Crippen LogP contribution in [0, 0.1) is 27.7 Å².